The van der Waals surface area contributed by atoms with Gasteiger partial charge in [0.1, 0.15) is 12.4 Å². The van der Waals surface area contributed by atoms with Crippen LogP contribution in [0.25, 0.3) is 0 Å². The molecule has 0 saturated heterocycles. The Morgan fingerprint density at radius 2 is 2.10 bits per heavy atom. The molecule has 1 heterocycles. The highest BCUT2D eigenvalue weighted by Crippen LogP contribution is 2.42. The van der Waals surface area contributed by atoms with Crippen molar-refractivity contribution in [1.82, 2.24) is 0 Å². The summed E-state index contributed by atoms with van der Waals surface area (Å²) in [6.07, 6.45) is 4.11. The van der Waals surface area contributed by atoms with Crippen LogP contribution in [0.3, 0.4) is 0 Å². The first-order valence-electron chi connectivity index (χ1n) is 7.26. The average molecular weight is 300 g/mol. The SMILES string of the molecule is CCCC(C)(C)[Si](C)(C)OC[C@H]1O[C@H](OC)C=C1C=O. The van der Waals surface area contributed by atoms with Gasteiger partial charge in [-0.2, -0.15) is 0 Å². The molecule has 20 heavy (non-hydrogen) atoms. The molecule has 1 rings (SSSR count). The van der Waals surface area contributed by atoms with E-state index in [1.807, 2.05) is 0 Å². The summed E-state index contributed by atoms with van der Waals surface area (Å²) in [4.78, 5) is 11.1. The summed E-state index contributed by atoms with van der Waals surface area (Å²) in [7, 11) is -0.293. The molecule has 0 fully saturated rings. The van der Waals surface area contributed by atoms with Crippen LogP contribution in [0.2, 0.25) is 18.1 Å². The lowest BCUT2D eigenvalue weighted by Crippen LogP contribution is -2.44. The molecular formula is C15H28O4Si. The molecule has 0 aliphatic carbocycles. The molecular weight excluding hydrogens is 272 g/mol. The first kappa shape index (κ1) is 17.6. The van der Waals surface area contributed by atoms with Crippen molar-refractivity contribution >= 4 is 14.6 Å². The molecule has 0 bridgehead atoms. The maximum Gasteiger partial charge on any atom is 0.192 e. The number of rotatable bonds is 8. The van der Waals surface area contributed by atoms with Gasteiger partial charge in [-0.3, -0.25) is 4.79 Å². The van der Waals surface area contributed by atoms with Gasteiger partial charge in [0, 0.05) is 12.7 Å². The van der Waals surface area contributed by atoms with Crippen LogP contribution < -0.4 is 0 Å². The van der Waals surface area contributed by atoms with Crippen molar-refractivity contribution in [3.05, 3.63) is 11.6 Å². The Balaban J connectivity index is 2.63. The van der Waals surface area contributed by atoms with Gasteiger partial charge in [0.2, 0.25) is 0 Å². The summed E-state index contributed by atoms with van der Waals surface area (Å²) >= 11 is 0. The van der Waals surface area contributed by atoms with Crippen LogP contribution >= 0.6 is 0 Å². The van der Waals surface area contributed by atoms with Crippen molar-refractivity contribution in [2.45, 2.75) is 64.1 Å². The van der Waals surface area contributed by atoms with Crippen molar-refractivity contribution in [1.29, 1.82) is 0 Å². The van der Waals surface area contributed by atoms with Gasteiger partial charge in [0.25, 0.3) is 0 Å². The number of hydrogen-bond donors (Lipinski definition) is 0. The Labute approximate surface area is 123 Å². The zero-order valence-corrected chi connectivity index (χ0v) is 14.6. The Kier molecular flexibility index (Phi) is 6.13. The first-order chi connectivity index (χ1) is 9.27. The molecule has 4 nitrogen and oxygen atoms in total. The second kappa shape index (κ2) is 6.98. The number of hydrogen-bond acceptors (Lipinski definition) is 4. The van der Waals surface area contributed by atoms with Crippen molar-refractivity contribution in [3.63, 3.8) is 0 Å². The van der Waals surface area contributed by atoms with Crippen LogP contribution in [0, 0.1) is 0 Å². The topological polar surface area (TPSA) is 44.8 Å². The smallest absolute Gasteiger partial charge is 0.192 e. The van der Waals surface area contributed by atoms with E-state index in [4.69, 9.17) is 13.9 Å². The normalized spacial score (nSPS) is 23.8. The lowest BCUT2D eigenvalue weighted by molar-refractivity contribution is -0.114. The summed E-state index contributed by atoms with van der Waals surface area (Å²) in [6, 6.07) is 0. The number of carbonyl (C=O) groups excluding carboxylic acids is 1. The predicted molar refractivity (Wildman–Crippen MR) is 82.2 cm³/mol. The third kappa shape index (κ3) is 4.01. The lowest BCUT2D eigenvalue weighted by Gasteiger charge is -2.40. The van der Waals surface area contributed by atoms with E-state index in [2.05, 4.69) is 33.9 Å². The van der Waals surface area contributed by atoms with Crippen molar-refractivity contribution < 1.29 is 18.7 Å². The van der Waals surface area contributed by atoms with Crippen LogP contribution in [0.5, 0.6) is 0 Å². The Hall–Kier alpha value is -0.493. The molecule has 0 aromatic carbocycles. The molecule has 0 amide bonds. The zero-order valence-electron chi connectivity index (χ0n) is 13.6. The first-order valence-corrected chi connectivity index (χ1v) is 10.2. The van der Waals surface area contributed by atoms with Gasteiger partial charge in [0.05, 0.1) is 6.61 Å². The summed E-state index contributed by atoms with van der Waals surface area (Å²) in [6.45, 7) is 11.6. The Morgan fingerprint density at radius 3 is 2.60 bits per heavy atom. The average Bonchev–Trinajstić information content (AvgIpc) is 2.78. The van der Waals surface area contributed by atoms with Crippen LogP contribution in [0.1, 0.15) is 33.6 Å². The number of ether oxygens (including phenoxy) is 2. The van der Waals surface area contributed by atoms with Gasteiger partial charge in [-0.25, -0.2) is 0 Å². The highest BCUT2D eigenvalue weighted by Gasteiger charge is 2.41. The van der Waals surface area contributed by atoms with Crippen LogP contribution in [-0.4, -0.2) is 40.7 Å². The minimum Gasteiger partial charge on any atom is -0.414 e. The van der Waals surface area contributed by atoms with Crippen molar-refractivity contribution in [2.24, 2.45) is 0 Å². The molecule has 0 unspecified atom stereocenters. The number of carbonyl (C=O) groups is 1. The molecule has 0 saturated carbocycles. The monoisotopic (exact) mass is 300 g/mol. The summed E-state index contributed by atoms with van der Waals surface area (Å²) in [5, 5.41) is 0.200. The minimum atomic E-state index is -1.86. The maximum absolute atomic E-state index is 11.1. The summed E-state index contributed by atoms with van der Waals surface area (Å²) in [5.41, 5.74) is 0.620. The van der Waals surface area contributed by atoms with Crippen LogP contribution in [0.15, 0.2) is 11.6 Å². The highest BCUT2D eigenvalue weighted by molar-refractivity contribution is 6.74. The molecule has 1 aliphatic rings. The summed E-state index contributed by atoms with van der Waals surface area (Å²) in [5.74, 6) is 0. The Bertz CT molecular complexity index is 363. The second-order valence-electron chi connectivity index (χ2n) is 6.47. The molecule has 0 aromatic heterocycles. The summed E-state index contributed by atoms with van der Waals surface area (Å²) < 4.78 is 17.0. The van der Waals surface area contributed by atoms with Gasteiger partial charge < -0.3 is 13.9 Å². The van der Waals surface area contributed by atoms with E-state index < -0.39 is 14.6 Å². The fourth-order valence-corrected chi connectivity index (χ4v) is 4.13. The molecule has 0 radical (unpaired) electrons. The van der Waals surface area contributed by atoms with Gasteiger partial charge >= 0.3 is 0 Å². The second-order valence-corrected chi connectivity index (χ2v) is 11.1. The van der Waals surface area contributed by atoms with Gasteiger partial charge in [-0.1, -0.05) is 27.2 Å². The molecule has 2 atom stereocenters. The van der Waals surface area contributed by atoms with E-state index in [1.165, 1.54) is 0 Å². The highest BCUT2D eigenvalue weighted by atomic mass is 28.4. The fraction of sp³-hybridized carbons (Fsp3) is 0.800. The lowest BCUT2D eigenvalue weighted by atomic mass is 10.1. The third-order valence-corrected chi connectivity index (χ3v) is 8.87. The van der Waals surface area contributed by atoms with E-state index in [1.54, 1.807) is 13.2 Å². The number of methoxy groups -OCH3 is 1. The molecule has 0 spiro atoms. The molecule has 0 N–H and O–H groups in total. The predicted octanol–water partition coefficient (Wildman–Crippen LogP) is 3.29. The van der Waals surface area contributed by atoms with Crippen molar-refractivity contribution in [3.8, 4) is 0 Å². The molecule has 1 aliphatic heterocycles. The largest absolute Gasteiger partial charge is 0.414 e. The van der Waals surface area contributed by atoms with Gasteiger partial charge in [0.15, 0.2) is 14.6 Å². The standard InChI is InChI=1S/C15H28O4Si/c1-7-8-15(2,3)20(5,6)18-11-13-12(10-16)9-14(17-4)19-13/h9-10,13-14H,7-8,11H2,1-6H3/t13-,14+/m1/s1. The molecule has 5 heteroatoms. The minimum absolute atomic E-state index is 0.200. The molecule has 0 aromatic rings. The fourth-order valence-electron chi connectivity index (χ4n) is 2.32. The molecule has 116 valence electrons. The van der Waals surface area contributed by atoms with Gasteiger partial charge in [-0.15, -0.1) is 0 Å². The van der Waals surface area contributed by atoms with E-state index in [-0.39, 0.29) is 11.1 Å². The number of aldehydes is 1. The Morgan fingerprint density at radius 1 is 1.45 bits per heavy atom. The van der Waals surface area contributed by atoms with E-state index >= 15 is 0 Å². The zero-order chi connectivity index (χ0) is 15.4. The maximum atomic E-state index is 11.1. The quantitative estimate of drug-likeness (QED) is 0.510. The van der Waals surface area contributed by atoms with E-state index in [9.17, 15) is 4.79 Å². The van der Waals surface area contributed by atoms with Crippen molar-refractivity contribution in [2.75, 3.05) is 13.7 Å². The third-order valence-electron chi connectivity index (χ3n) is 4.47. The van der Waals surface area contributed by atoms with Crippen LogP contribution in [-0.2, 0) is 18.7 Å². The van der Waals surface area contributed by atoms with E-state index in [0.717, 1.165) is 19.1 Å². The van der Waals surface area contributed by atoms with Crippen LogP contribution in [0.4, 0.5) is 0 Å². The van der Waals surface area contributed by atoms with Gasteiger partial charge in [-0.05, 0) is 30.6 Å². The van der Waals surface area contributed by atoms with E-state index in [0.29, 0.717) is 12.2 Å².